The Bertz CT molecular complexity index is 825. The Morgan fingerprint density at radius 1 is 1.27 bits per heavy atom. The van der Waals surface area contributed by atoms with Crippen LogP contribution < -0.4 is 4.74 Å². The van der Waals surface area contributed by atoms with Crippen LogP contribution in [0.25, 0.3) is 0 Å². The maximum absolute atomic E-state index is 12.5. The van der Waals surface area contributed by atoms with Crippen molar-refractivity contribution >= 4 is 28.5 Å². The largest absolute Gasteiger partial charge is 0.504 e. The predicted octanol–water partition coefficient (Wildman–Crippen LogP) is 4.66. The average molecular weight is 373 g/mol. The molecule has 6 heteroatoms. The number of ether oxygens (including phenoxy) is 2. The zero-order chi connectivity index (χ0) is 18.5. The summed E-state index contributed by atoms with van der Waals surface area (Å²) in [5, 5.41) is 11.0. The molecule has 0 atom stereocenters. The van der Waals surface area contributed by atoms with Crippen molar-refractivity contribution in [1.29, 1.82) is 0 Å². The molecule has 0 spiro atoms. The van der Waals surface area contributed by atoms with Gasteiger partial charge in [-0.1, -0.05) is 6.07 Å². The third-order valence-corrected chi connectivity index (χ3v) is 5.48. The monoisotopic (exact) mass is 373 g/mol. The molecule has 26 heavy (non-hydrogen) atoms. The second kappa shape index (κ2) is 8.36. The van der Waals surface area contributed by atoms with Crippen molar-refractivity contribution in [3.8, 4) is 11.5 Å². The molecule has 0 amide bonds. The number of thiophene rings is 1. The molecule has 1 heterocycles. The predicted molar refractivity (Wildman–Crippen MR) is 103 cm³/mol. The minimum absolute atomic E-state index is 0.0529. The lowest BCUT2D eigenvalue weighted by Gasteiger charge is -2.11. The van der Waals surface area contributed by atoms with Crippen molar-refractivity contribution in [2.24, 2.45) is 4.99 Å². The summed E-state index contributed by atoms with van der Waals surface area (Å²) in [7, 11) is 0. The summed E-state index contributed by atoms with van der Waals surface area (Å²) in [6, 6.07) is 5.28. The fourth-order valence-corrected chi connectivity index (χ4v) is 4.32. The number of aliphatic imine (C=N–C) groups is 1. The third-order valence-electron chi connectivity index (χ3n) is 4.28. The Morgan fingerprint density at radius 3 is 2.85 bits per heavy atom. The maximum Gasteiger partial charge on any atom is 0.341 e. The first-order valence-corrected chi connectivity index (χ1v) is 9.77. The number of carbonyl (C=O) groups excluding carboxylic acids is 1. The number of phenols is 1. The van der Waals surface area contributed by atoms with Crippen LogP contribution >= 0.6 is 11.3 Å². The van der Waals surface area contributed by atoms with E-state index in [0.717, 1.165) is 31.2 Å². The van der Waals surface area contributed by atoms with Gasteiger partial charge in [0, 0.05) is 16.7 Å². The lowest BCUT2D eigenvalue weighted by molar-refractivity contribution is 0.0526. The van der Waals surface area contributed by atoms with Crippen LogP contribution in [0.1, 0.15) is 53.1 Å². The van der Waals surface area contributed by atoms with E-state index in [-0.39, 0.29) is 11.7 Å². The highest BCUT2D eigenvalue weighted by molar-refractivity contribution is 7.16. The van der Waals surface area contributed by atoms with E-state index < -0.39 is 0 Å². The smallest absolute Gasteiger partial charge is 0.341 e. The number of fused-ring (bicyclic) bond motifs is 1. The summed E-state index contributed by atoms with van der Waals surface area (Å²) >= 11 is 1.54. The first-order valence-electron chi connectivity index (χ1n) is 8.96. The summed E-state index contributed by atoms with van der Waals surface area (Å²) in [6.45, 7) is 4.47. The molecule has 0 radical (unpaired) electrons. The maximum atomic E-state index is 12.5. The Hall–Kier alpha value is -2.34. The molecule has 1 aromatic carbocycles. The van der Waals surface area contributed by atoms with Crippen molar-refractivity contribution in [3.63, 3.8) is 0 Å². The summed E-state index contributed by atoms with van der Waals surface area (Å²) in [5.41, 5.74) is 2.22. The molecule has 5 nitrogen and oxygen atoms in total. The van der Waals surface area contributed by atoms with Crippen LogP contribution in [-0.2, 0) is 17.6 Å². The number of rotatable bonds is 6. The van der Waals surface area contributed by atoms with Crippen LogP contribution in [0, 0.1) is 0 Å². The quantitative estimate of drug-likeness (QED) is 0.591. The number of hydrogen-bond donors (Lipinski definition) is 1. The highest BCUT2D eigenvalue weighted by Gasteiger charge is 2.26. The second-order valence-electron chi connectivity index (χ2n) is 6.00. The van der Waals surface area contributed by atoms with Gasteiger partial charge in [0.25, 0.3) is 0 Å². The van der Waals surface area contributed by atoms with Gasteiger partial charge in [0.05, 0.1) is 18.8 Å². The van der Waals surface area contributed by atoms with E-state index in [9.17, 15) is 9.90 Å². The molecule has 0 fully saturated rings. The Labute approximate surface area is 157 Å². The molecule has 0 saturated carbocycles. The van der Waals surface area contributed by atoms with Gasteiger partial charge in [0.1, 0.15) is 5.00 Å². The van der Waals surface area contributed by atoms with Crippen LogP contribution in [0.15, 0.2) is 23.2 Å². The van der Waals surface area contributed by atoms with Crippen molar-refractivity contribution in [2.75, 3.05) is 13.2 Å². The number of para-hydroxylation sites is 1. The van der Waals surface area contributed by atoms with Crippen LogP contribution in [0.5, 0.6) is 11.5 Å². The molecule has 1 N–H and O–H groups in total. The second-order valence-corrected chi connectivity index (χ2v) is 7.08. The van der Waals surface area contributed by atoms with Crippen molar-refractivity contribution in [3.05, 3.63) is 39.8 Å². The minimum atomic E-state index is -0.314. The number of benzene rings is 1. The Morgan fingerprint density at radius 2 is 2.08 bits per heavy atom. The molecule has 1 aliphatic carbocycles. The highest BCUT2D eigenvalue weighted by atomic mass is 32.1. The molecule has 1 aliphatic rings. The van der Waals surface area contributed by atoms with Crippen LogP contribution in [0.2, 0.25) is 0 Å². The van der Waals surface area contributed by atoms with E-state index in [0.29, 0.717) is 35.1 Å². The van der Waals surface area contributed by atoms with Gasteiger partial charge < -0.3 is 14.6 Å². The topological polar surface area (TPSA) is 68.1 Å². The van der Waals surface area contributed by atoms with Crippen LogP contribution in [-0.4, -0.2) is 30.5 Å². The van der Waals surface area contributed by atoms with Crippen molar-refractivity contribution in [2.45, 2.75) is 39.5 Å². The Balaban J connectivity index is 1.97. The normalized spacial score (nSPS) is 13.6. The molecule has 1 aromatic heterocycles. The number of hydrogen-bond acceptors (Lipinski definition) is 6. The SMILES string of the molecule is CCOC(=O)c1c(N=Cc2cccc(OCC)c2O)sc2c1CCCC2. The molecule has 3 rings (SSSR count). The van der Waals surface area contributed by atoms with Gasteiger partial charge in [0.2, 0.25) is 0 Å². The highest BCUT2D eigenvalue weighted by Crippen LogP contribution is 2.40. The van der Waals surface area contributed by atoms with Gasteiger partial charge >= 0.3 is 5.97 Å². The lowest BCUT2D eigenvalue weighted by atomic mass is 9.95. The van der Waals surface area contributed by atoms with E-state index in [1.54, 1.807) is 42.7 Å². The Kier molecular flexibility index (Phi) is 5.93. The summed E-state index contributed by atoms with van der Waals surface area (Å²) in [4.78, 5) is 18.2. The third kappa shape index (κ3) is 3.75. The van der Waals surface area contributed by atoms with E-state index in [1.807, 2.05) is 6.92 Å². The number of phenolic OH excluding ortho intramolecular Hbond substituents is 1. The number of esters is 1. The zero-order valence-electron chi connectivity index (χ0n) is 15.1. The summed E-state index contributed by atoms with van der Waals surface area (Å²) in [5.74, 6) is 0.163. The summed E-state index contributed by atoms with van der Waals surface area (Å²) < 4.78 is 10.7. The van der Waals surface area contributed by atoms with Gasteiger partial charge in [-0.3, -0.25) is 0 Å². The van der Waals surface area contributed by atoms with Gasteiger partial charge in [-0.05, 0) is 57.2 Å². The molecule has 138 valence electrons. The fourth-order valence-electron chi connectivity index (χ4n) is 3.10. The summed E-state index contributed by atoms with van der Waals surface area (Å²) in [6.07, 6.45) is 5.66. The fraction of sp³-hybridized carbons (Fsp3) is 0.400. The zero-order valence-corrected chi connectivity index (χ0v) is 15.9. The first-order chi connectivity index (χ1) is 12.7. The molecule has 0 bridgehead atoms. The van der Waals surface area contributed by atoms with Gasteiger partial charge in [-0.25, -0.2) is 9.79 Å². The average Bonchev–Trinajstić information content (AvgIpc) is 3.01. The van der Waals surface area contributed by atoms with Gasteiger partial charge in [-0.15, -0.1) is 11.3 Å². The van der Waals surface area contributed by atoms with E-state index >= 15 is 0 Å². The van der Waals surface area contributed by atoms with Gasteiger partial charge in [0.15, 0.2) is 11.5 Å². The van der Waals surface area contributed by atoms with E-state index in [1.165, 1.54) is 4.88 Å². The minimum Gasteiger partial charge on any atom is -0.504 e. The number of aryl methyl sites for hydroxylation is 1. The number of nitrogens with zero attached hydrogens (tertiary/aromatic N) is 1. The molecule has 0 unspecified atom stereocenters. The van der Waals surface area contributed by atoms with Crippen molar-refractivity contribution in [1.82, 2.24) is 0 Å². The molecular formula is C20H23NO4S. The molecule has 0 saturated heterocycles. The molecule has 2 aromatic rings. The first kappa shape index (κ1) is 18.5. The molecular weight excluding hydrogens is 350 g/mol. The number of aromatic hydroxyl groups is 1. The van der Waals surface area contributed by atoms with E-state index in [4.69, 9.17) is 9.47 Å². The molecule has 0 aliphatic heterocycles. The van der Waals surface area contributed by atoms with Crippen molar-refractivity contribution < 1.29 is 19.4 Å². The van der Waals surface area contributed by atoms with Crippen LogP contribution in [0.3, 0.4) is 0 Å². The standard InChI is InChI=1S/C20H23NO4S/c1-3-24-15-10-7-8-13(18(15)22)12-21-19-17(20(23)25-4-2)14-9-5-6-11-16(14)26-19/h7-8,10,12,22H,3-6,9,11H2,1-2H3. The van der Waals surface area contributed by atoms with Crippen LogP contribution in [0.4, 0.5) is 5.00 Å². The lowest BCUT2D eigenvalue weighted by Crippen LogP contribution is -2.09. The number of carbonyl (C=O) groups is 1. The van der Waals surface area contributed by atoms with E-state index in [2.05, 4.69) is 4.99 Å². The van der Waals surface area contributed by atoms with Gasteiger partial charge in [-0.2, -0.15) is 0 Å².